The molecule has 1 atom stereocenters. The number of anilines is 1. The number of benzene rings is 3. The number of carbonyl (C=O) groups excluding carboxylic acids is 3. The van der Waals surface area contributed by atoms with E-state index < -0.39 is 18.5 Å². The van der Waals surface area contributed by atoms with E-state index in [2.05, 4.69) is 15.7 Å². The molecule has 2 N–H and O–H groups in total. The van der Waals surface area contributed by atoms with Gasteiger partial charge in [0.1, 0.15) is 5.56 Å². The van der Waals surface area contributed by atoms with E-state index in [1.807, 2.05) is 67.6 Å². The molecule has 4 aromatic rings. The number of aromatic nitrogens is 2. The van der Waals surface area contributed by atoms with Crippen LogP contribution in [0.3, 0.4) is 0 Å². The first-order valence-corrected chi connectivity index (χ1v) is 11.9. The first-order valence-electron chi connectivity index (χ1n) is 11.9. The zero-order valence-electron chi connectivity index (χ0n) is 20.9. The average molecular weight is 497 g/mol. The number of para-hydroxylation sites is 2. The zero-order valence-corrected chi connectivity index (χ0v) is 20.9. The van der Waals surface area contributed by atoms with E-state index in [-0.39, 0.29) is 11.9 Å². The van der Waals surface area contributed by atoms with Gasteiger partial charge in [0.05, 0.1) is 34.4 Å². The Balaban J connectivity index is 1.40. The molecule has 0 aliphatic carbocycles. The molecule has 4 rings (SSSR count). The average Bonchev–Trinajstić information content (AvgIpc) is 3.22. The van der Waals surface area contributed by atoms with E-state index in [0.717, 1.165) is 11.3 Å². The summed E-state index contributed by atoms with van der Waals surface area (Å²) in [5, 5.41) is 10.1. The number of amides is 2. The van der Waals surface area contributed by atoms with Gasteiger partial charge in [0.15, 0.2) is 6.61 Å². The highest BCUT2D eigenvalue weighted by molar-refractivity contribution is 6.04. The lowest BCUT2D eigenvalue weighted by atomic mass is 10.1. The van der Waals surface area contributed by atoms with Crippen molar-refractivity contribution in [2.24, 2.45) is 0 Å². The van der Waals surface area contributed by atoms with Crippen molar-refractivity contribution in [1.82, 2.24) is 15.1 Å². The molecule has 0 aliphatic heterocycles. The van der Waals surface area contributed by atoms with Crippen LogP contribution in [0.1, 0.15) is 50.6 Å². The second kappa shape index (κ2) is 11.3. The van der Waals surface area contributed by atoms with Gasteiger partial charge in [-0.15, -0.1) is 0 Å². The molecule has 0 unspecified atom stereocenters. The van der Waals surface area contributed by atoms with Gasteiger partial charge in [0.2, 0.25) is 0 Å². The van der Waals surface area contributed by atoms with Crippen molar-refractivity contribution in [2.45, 2.75) is 26.8 Å². The highest BCUT2D eigenvalue weighted by Gasteiger charge is 2.22. The molecule has 8 nitrogen and oxygen atoms in total. The SMILES string of the molecule is Cc1nn(-c2ccccc2)c(C)c1C(=O)OCC(=O)Nc1ccccc1C(=O)N[C@@H](C)c1ccccc1. The monoisotopic (exact) mass is 496 g/mol. The van der Waals surface area contributed by atoms with Gasteiger partial charge in [0, 0.05) is 0 Å². The Morgan fingerprint density at radius 2 is 1.51 bits per heavy atom. The summed E-state index contributed by atoms with van der Waals surface area (Å²) in [6, 6.07) is 25.5. The molecule has 0 spiro atoms. The molecule has 188 valence electrons. The summed E-state index contributed by atoms with van der Waals surface area (Å²) in [5.74, 6) is -1.53. The summed E-state index contributed by atoms with van der Waals surface area (Å²) in [5.41, 5.74) is 3.84. The molecular weight excluding hydrogens is 468 g/mol. The van der Waals surface area contributed by atoms with Crippen LogP contribution < -0.4 is 10.6 Å². The number of hydrogen-bond donors (Lipinski definition) is 2. The second-order valence-corrected chi connectivity index (χ2v) is 8.57. The second-order valence-electron chi connectivity index (χ2n) is 8.57. The quantitative estimate of drug-likeness (QED) is 0.342. The van der Waals surface area contributed by atoms with E-state index in [4.69, 9.17) is 4.74 Å². The Hall–Kier alpha value is -4.72. The van der Waals surface area contributed by atoms with Crippen LogP contribution in [-0.4, -0.2) is 34.2 Å². The van der Waals surface area contributed by atoms with Crippen molar-refractivity contribution in [3.8, 4) is 5.69 Å². The number of ether oxygens (including phenoxy) is 1. The van der Waals surface area contributed by atoms with Gasteiger partial charge in [-0.3, -0.25) is 9.59 Å². The van der Waals surface area contributed by atoms with Gasteiger partial charge in [-0.1, -0.05) is 60.7 Å². The summed E-state index contributed by atoms with van der Waals surface area (Å²) in [6.07, 6.45) is 0. The summed E-state index contributed by atoms with van der Waals surface area (Å²) in [4.78, 5) is 38.3. The highest BCUT2D eigenvalue weighted by Crippen LogP contribution is 2.20. The minimum absolute atomic E-state index is 0.221. The topological polar surface area (TPSA) is 102 Å². The van der Waals surface area contributed by atoms with Crippen LogP contribution in [0.15, 0.2) is 84.9 Å². The summed E-state index contributed by atoms with van der Waals surface area (Å²) in [7, 11) is 0. The smallest absolute Gasteiger partial charge is 0.342 e. The van der Waals surface area contributed by atoms with E-state index in [1.165, 1.54) is 0 Å². The number of esters is 1. The summed E-state index contributed by atoms with van der Waals surface area (Å²) >= 11 is 0. The molecule has 0 radical (unpaired) electrons. The Labute approximate surface area is 215 Å². The van der Waals surface area contributed by atoms with Crippen molar-refractivity contribution >= 4 is 23.5 Å². The van der Waals surface area contributed by atoms with Crippen LogP contribution in [0.25, 0.3) is 5.69 Å². The Bertz CT molecular complexity index is 1410. The van der Waals surface area contributed by atoms with Gasteiger partial charge >= 0.3 is 5.97 Å². The third-order valence-corrected chi connectivity index (χ3v) is 5.92. The molecule has 0 fully saturated rings. The van der Waals surface area contributed by atoms with Crippen molar-refractivity contribution in [2.75, 3.05) is 11.9 Å². The number of rotatable bonds is 8. The number of aryl methyl sites for hydroxylation is 1. The van der Waals surface area contributed by atoms with Crippen LogP contribution in [0.4, 0.5) is 5.69 Å². The molecule has 0 saturated heterocycles. The summed E-state index contributed by atoms with van der Waals surface area (Å²) < 4.78 is 6.95. The van der Waals surface area contributed by atoms with Crippen LogP contribution >= 0.6 is 0 Å². The highest BCUT2D eigenvalue weighted by atomic mass is 16.5. The molecule has 8 heteroatoms. The van der Waals surface area contributed by atoms with Crippen molar-refractivity contribution in [3.05, 3.63) is 113 Å². The minimum Gasteiger partial charge on any atom is -0.452 e. The van der Waals surface area contributed by atoms with Gasteiger partial charge in [0.25, 0.3) is 11.8 Å². The predicted octanol–water partition coefficient (Wildman–Crippen LogP) is 4.78. The summed E-state index contributed by atoms with van der Waals surface area (Å²) in [6.45, 7) is 4.87. The normalized spacial score (nSPS) is 11.4. The standard InChI is InChI=1S/C29H28N4O4/c1-19(22-12-6-4-7-13-22)30-28(35)24-16-10-11-17-25(24)31-26(34)18-37-29(36)27-20(2)32-33(21(27)3)23-14-8-5-9-15-23/h4-17,19H,18H2,1-3H3,(H,30,35)(H,31,34)/t19-/m0/s1. The lowest BCUT2D eigenvalue weighted by Gasteiger charge is -2.16. The number of hydrogen-bond acceptors (Lipinski definition) is 5. The van der Waals surface area contributed by atoms with Crippen LogP contribution in [0, 0.1) is 13.8 Å². The fourth-order valence-electron chi connectivity index (χ4n) is 4.04. The van der Waals surface area contributed by atoms with Gasteiger partial charge in [-0.25, -0.2) is 9.48 Å². The number of carbonyl (C=O) groups is 3. The maximum absolute atomic E-state index is 12.9. The Morgan fingerprint density at radius 1 is 0.892 bits per heavy atom. The van der Waals surface area contributed by atoms with Crippen molar-refractivity contribution in [3.63, 3.8) is 0 Å². The predicted molar refractivity (Wildman–Crippen MR) is 141 cm³/mol. The fraction of sp³-hybridized carbons (Fsp3) is 0.172. The maximum Gasteiger partial charge on any atom is 0.342 e. The van der Waals surface area contributed by atoms with Crippen LogP contribution in [-0.2, 0) is 9.53 Å². The van der Waals surface area contributed by atoms with Gasteiger partial charge in [-0.2, -0.15) is 5.10 Å². The Kier molecular flexibility index (Phi) is 7.78. The molecule has 1 heterocycles. The van der Waals surface area contributed by atoms with Crippen LogP contribution in [0.2, 0.25) is 0 Å². The molecule has 3 aromatic carbocycles. The number of nitrogens with one attached hydrogen (secondary N) is 2. The van der Waals surface area contributed by atoms with Gasteiger partial charge in [-0.05, 0) is 50.6 Å². The molecule has 0 saturated carbocycles. The van der Waals surface area contributed by atoms with E-state index in [1.54, 1.807) is 42.8 Å². The first kappa shape index (κ1) is 25.4. The van der Waals surface area contributed by atoms with Crippen LogP contribution in [0.5, 0.6) is 0 Å². The van der Waals surface area contributed by atoms with E-state index >= 15 is 0 Å². The van der Waals surface area contributed by atoms with Crippen molar-refractivity contribution in [1.29, 1.82) is 0 Å². The molecule has 1 aromatic heterocycles. The third-order valence-electron chi connectivity index (χ3n) is 5.92. The van der Waals surface area contributed by atoms with Gasteiger partial charge < -0.3 is 15.4 Å². The van der Waals surface area contributed by atoms with E-state index in [0.29, 0.717) is 28.2 Å². The third kappa shape index (κ3) is 5.92. The Morgan fingerprint density at radius 3 is 2.22 bits per heavy atom. The molecule has 37 heavy (non-hydrogen) atoms. The minimum atomic E-state index is -0.643. The zero-order chi connectivity index (χ0) is 26.4. The first-order chi connectivity index (χ1) is 17.8. The lowest BCUT2D eigenvalue weighted by Crippen LogP contribution is -2.28. The van der Waals surface area contributed by atoms with E-state index in [9.17, 15) is 14.4 Å². The lowest BCUT2D eigenvalue weighted by molar-refractivity contribution is -0.119. The number of nitrogens with zero attached hydrogens (tertiary/aromatic N) is 2. The fourth-order valence-corrected chi connectivity index (χ4v) is 4.04. The maximum atomic E-state index is 12.9. The molecule has 0 bridgehead atoms. The largest absolute Gasteiger partial charge is 0.452 e. The molecular formula is C29H28N4O4. The van der Waals surface area contributed by atoms with Crippen molar-refractivity contribution < 1.29 is 19.1 Å². The molecule has 0 aliphatic rings. The molecule has 2 amide bonds.